The van der Waals surface area contributed by atoms with Gasteiger partial charge in [0.05, 0.1) is 26.5 Å². The van der Waals surface area contributed by atoms with Crippen molar-refractivity contribution in [2.45, 2.75) is 34.2 Å². The SMILES string of the molecule is COc1cc(NC(=NCc2c(C)nn(C)c2C)NC(=O)c2cc(C)cc(C)c2)cc(OC)c1. The minimum Gasteiger partial charge on any atom is -0.497 e. The molecule has 0 atom stereocenters. The fraction of sp³-hybridized carbons (Fsp3) is 0.320. The van der Waals surface area contributed by atoms with Gasteiger partial charge in [-0.3, -0.25) is 14.8 Å². The van der Waals surface area contributed by atoms with Crippen molar-refractivity contribution in [2.75, 3.05) is 19.5 Å². The van der Waals surface area contributed by atoms with Crippen molar-refractivity contribution >= 4 is 17.6 Å². The zero-order valence-corrected chi connectivity index (χ0v) is 20.2. The van der Waals surface area contributed by atoms with Gasteiger partial charge < -0.3 is 14.8 Å². The molecule has 174 valence electrons. The smallest absolute Gasteiger partial charge is 0.257 e. The number of hydrogen-bond donors (Lipinski definition) is 2. The number of anilines is 1. The van der Waals surface area contributed by atoms with Crippen molar-refractivity contribution in [2.24, 2.45) is 12.0 Å². The molecule has 0 bridgehead atoms. The van der Waals surface area contributed by atoms with Crippen LogP contribution in [0, 0.1) is 27.7 Å². The predicted octanol–water partition coefficient (Wildman–Crippen LogP) is 4.07. The van der Waals surface area contributed by atoms with Crippen molar-refractivity contribution in [1.29, 1.82) is 0 Å². The lowest BCUT2D eigenvalue weighted by molar-refractivity contribution is 0.0976. The largest absolute Gasteiger partial charge is 0.497 e. The highest BCUT2D eigenvalue weighted by Gasteiger charge is 2.14. The van der Waals surface area contributed by atoms with E-state index in [0.29, 0.717) is 35.3 Å². The summed E-state index contributed by atoms with van der Waals surface area (Å²) in [5.74, 6) is 1.31. The van der Waals surface area contributed by atoms with Crippen LogP contribution in [0.3, 0.4) is 0 Å². The van der Waals surface area contributed by atoms with E-state index in [1.54, 1.807) is 20.3 Å². The molecule has 8 heteroatoms. The molecule has 3 aromatic rings. The number of aryl methyl sites for hydroxylation is 4. The van der Waals surface area contributed by atoms with Crippen LogP contribution in [0.15, 0.2) is 41.4 Å². The molecule has 3 rings (SSSR count). The first-order valence-electron chi connectivity index (χ1n) is 10.6. The van der Waals surface area contributed by atoms with Gasteiger partial charge in [0.25, 0.3) is 5.91 Å². The van der Waals surface area contributed by atoms with E-state index in [1.165, 1.54) is 0 Å². The molecule has 0 saturated carbocycles. The number of nitrogens with one attached hydrogen (secondary N) is 2. The molecular weight excluding hydrogens is 418 g/mol. The van der Waals surface area contributed by atoms with E-state index in [9.17, 15) is 4.79 Å². The third-order valence-electron chi connectivity index (χ3n) is 5.38. The van der Waals surface area contributed by atoms with Crippen LogP contribution in [-0.2, 0) is 13.6 Å². The van der Waals surface area contributed by atoms with Crippen LogP contribution < -0.4 is 20.1 Å². The highest BCUT2D eigenvalue weighted by atomic mass is 16.5. The molecule has 8 nitrogen and oxygen atoms in total. The number of ether oxygens (including phenoxy) is 2. The van der Waals surface area contributed by atoms with Crippen LogP contribution in [0.1, 0.15) is 38.4 Å². The fourth-order valence-corrected chi connectivity index (χ4v) is 3.62. The first kappa shape index (κ1) is 23.8. The summed E-state index contributed by atoms with van der Waals surface area (Å²) in [6.45, 7) is 8.24. The van der Waals surface area contributed by atoms with Crippen molar-refractivity contribution in [1.82, 2.24) is 15.1 Å². The molecule has 2 N–H and O–H groups in total. The van der Waals surface area contributed by atoms with Gasteiger partial charge >= 0.3 is 0 Å². The maximum atomic E-state index is 13.0. The zero-order valence-electron chi connectivity index (χ0n) is 20.2. The number of nitrogens with zero attached hydrogens (tertiary/aromatic N) is 3. The average molecular weight is 450 g/mol. The maximum absolute atomic E-state index is 13.0. The molecule has 0 aliphatic rings. The van der Waals surface area contributed by atoms with E-state index < -0.39 is 0 Å². The number of benzene rings is 2. The van der Waals surface area contributed by atoms with Crippen molar-refractivity contribution in [3.8, 4) is 11.5 Å². The lowest BCUT2D eigenvalue weighted by Gasteiger charge is -2.14. The molecule has 0 spiro atoms. The van der Waals surface area contributed by atoms with Crippen LogP contribution in [0.5, 0.6) is 11.5 Å². The Kier molecular flexibility index (Phi) is 7.37. The van der Waals surface area contributed by atoms with E-state index in [4.69, 9.17) is 9.47 Å². The molecule has 0 aliphatic heterocycles. The van der Waals surface area contributed by atoms with Gasteiger partial charge in [-0.2, -0.15) is 5.10 Å². The van der Waals surface area contributed by atoms with Crippen molar-refractivity contribution in [3.05, 3.63) is 70.0 Å². The molecule has 0 radical (unpaired) electrons. The standard InChI is InChI=1S/C25H31N5O3/c1-15-8-16(2)10-19(9-15)24(31)28-25(26-14-23-17(3)29-30(5)18(23)4)27-20-11-21(32-6)13-22(12-20)33-7/h8-13H,14H2,1-7H3,(H2,26,27,28,31). The minimum absolute atomic E-state index is 0.248. The quantitative estimate of drug-likeness (QED) is 0.437. The summed E-state index contributed by atoms with van der Waals surface area (Å²) >= 11 is 0. The number of aromatic nitrogens is 2. The Morgan fingerprint density at radius 2 is 1.58 bits per heavy atom. The number of hydrogen-bond acceptors (Lipinski definition) is 5. The summed E-state index contributed by atoms with van der Waals surface area (Å²) in [6.07, 6.45) is 0. The second kappa shape index (κ2) is 10.2. The second-order valence-corrected chi connectivity index (χ2v) is 7.99. The summed E-state index contributed by atoms with van der Waals surface area (Å²) in [5, 5.41) is 10.6. The van der Waals surface area contributed by atoms with Gasteiger partial charge in [-0.15, -0.1) is 0 Å². The van der Waals surface area contributed by atoms with E-state index in [1.807, 2.05) is 69.8 Å². The summed E-state index contributed by atoms with van der Waals surface area (Å²) in [7, 11) is 5.08. The lowest BCUT2D eigenvalue weighted by atomic mass is 10.1. The Morgan fingerprint density at radius 3 is 2.09 bits per heavy atom. The molecule has 33 heavy (non-hydrogen) atoms. The van der Waals surface area contributed by atoms with Crippen molar-refractivity contribution < 1.29 is 14.3 Å². The lowest BCUT2D eigenvalue weighted by Crippen LogP contribution is -2.36. The highest BCUT2D eigenvalue weighted by molar-refractivity contribution is 6.10. The molecule has 0 aliphatic carbocycles. The number of guanidine groups is 1. The molecule has 1 amide bonds. The molecule has 0 saturated heterocycles. The number of carbonyl (C=O) groups is 1. The van der Waals surface area contributed by atoms with E-state index in [0.717, 1.165) is 28.1 Å². The van der Waals surface area contributed by atoms with Gasteiger partial charge in [0.15, 0.2) is 0 Å². The Bertz CT molecular complexity index is 1150. The van der Waals surface area contributed by atoms with Crippen LogP contribution >= 0.6 is 0 Å². The molecule has 0 unspecified atom stereocenters. The zero-order chi connectivity index (χ0) is 24.1. The minimum atomic E-state index is -0.248. The van der Waals surface area contributed by atoms with Crippen LogP contribution in [0.4, 0.5) is 5.69 Å². The second-order valence-electron chi connectivity index (χ2n) is 7.99. The first-order valence-corrected chi connectivity index (χ1v) is 10.6. The monoisotopic (exact) mass is 449 g/mol. The van der Waals surface area contributed by atoms with E-state index >= 15 is 0 Å². The molecule has 0 fully saturated rings. The maximum Gasteiger partial charge on any atom is 0.257 e. The first-order chi connectivity index (χ1) is 15.7. The van der Waals surface area contributed by atoms with Gasteiger partial charge in [0.2, 0.25) is 5.96 Å². The van der Waals surface area contributed by atoms with E-state index in [-0.39, 0.29) is 5.91 Å². The van der Waals surface area contributed by atoms with Gasteiger partial charge in [0, 0.05) is 47.8 Å². The van der Waals surface area contributed by atoms with Gasteiger partial charge in [0.1, 0.15) is 11.5 Å². The van der Waals surface area contributed by atoms with Gasteiger partial charge in [-0.05, 0) is 39.8 Å². The topological polar surface area (TPSA) is 89.8 Å². The molecule has 1 aromatic heterocycles. The number of rotatable bonds is 6. The average Bonchev–Trinajstić information content (AvgIpc) is 3.01. The normalized spacial score (nSPS) is 11.3. The Labute approximate surface area is 194 Å². The van der Waals surface area contributed by atoms with E-state index in [2.05, 4.69) is 20.7 Å². The van der Waals surface area contributed by atoms with Crippen LogP contribution in [0.2, 0.25) is 0 Å². The highest BCUT2D eigenvalue weighted by Crippen LogP contribution is 2.26. The Morgan fingerprint density at radius 1 is 0.970 bits per heavy atom. The van der Waals surface area contributed by atoms with Gasteiger partial charge in [-0.25, -0.2) is 4.99 Å². The number of carbonyl (C=O) groups excluding carboxylic acids is 1. The number of methoxy groups -OCH3 is 2. The Balaban J connectivity index is 1.94. The summed E-state index contributed by atoms with van der Waals surface area (Å²) in [6, 6.07) is 11.1. The summed E-state index contributed by atoms with van der Waals surface area (Å²) < 4.78 is 12.5. The summed E-state index contributed by atoms with van der Waals surface area (Å²) in [4.78, 5) is 17.7. The Hall–Kier alpha value is -3.81. The number of aliphatic imine (C=N–C) groups is 1. The summed E-state index contributed by atoms with van der Waals surface area (Å²) in [5.41, 5.74) is 6.22. The third kappa shape index (κ3) is 5.91. The van der Waals surface area contributed by atoms with Crippen molar-refractivity contribution in [3.63, 3.8) is 0 Å². The van der Waals surface area contributed by atoms with Crippen LogP contribution in [-0.4, -0.2) is 35.9 Å². The third-order valence-corrected chi connectivity index (χ3v) is 5.38. The fourth-order valence-electron chi connectivity index (χ4n) is 3.62. The predicted molar refractivity (Wildman–Crippen MR) is 130 cm³/mol. The van der Waals surface area contributed by atoms with Crippen LogP contribution in [0.25, 0.3) is 0 Å². The molecular formula is C25H31N5O3. The molecule has 2 aromatic carbocycles. The molecule has 1 heterocycles. The van der Waals surface area contributed by atoms with Gasteiger partial charge in [-0.1, -0.05) is 17.2 Å². The number of amides is 1.